The number of allylic oxidation sites excluding steroid dienone is 2. The van der Waals surface area contributed by atoms with Crippen LogP contribution in [0.2, 0.25) is 0 Å². The van der Waals surface area contributed by atoms with Crippen LogP contribution in [0.25, 0.3) is 0 Å². The number of carbonyl (C=O) groups is 1. The number of carbonyl (C=O) groups excluding carboxylic acids is 1. The number of aromatic nitrogens is 3. The van der Waals surface area contributed by atoms with E-state index in [0.717, 1.165) is 11.8 Å². The molecular formula is C8H10N6OS. The second kappa shape index (κ2) is 5.18. The van der Waals surface area contributed by atoms with Crippen LogP contribution < -0.4 is 11.5 Å². The number of nitrogens with one attached hydrogen (secondary N) is 1. The highest BCUT2D eigenvalue weighted by molar-refractivity contribution is 7.99. The third-order valence-electron chi connectivity index (χ3n) is 1.60. The highest BCUT2D eigenvalue weighted by Gasteiger charge is 2.13. The quantitative estimate of drug-likeness (QED) is 0.375. The summed E-state index contributed by atoms with van der Waals surface area (Å²) >= 11 is 1.09. The van der Waals surface area contributed by atoms with Crippen molar-refractivity contribution in [3.05, 3.63) is 11.3 Å². The van der Waals surface area contributed by atoms with Gasteiger partial charge in [-0.2, -0.15) is 10.2 Å². The Kier molecular flexibility index (Phi) is 3.90. The van der Waals surface area contributed by atoms with Crippen molar-refractivity contribution in [1.82, 2.24) is 15.2 Å². The number of nitrogens with two attached hydrogens (primary N) is 2. The summed E-state index contributed by atoms with van der Waals surface area (Å²) in [6, 6.07) is 1.76. The van der Waals surface area contributed by atoms with Crippen LogP contribution in [-0.2, 0) is 4.79 Å². The first-order valence-corrected chi connectivity index (χ1v) is 5.23. The Labute approximate surface area is 95.9 Å². The minimum absolute atomic E-state index is 0.0315. The number of hydrogen-bond acceptors (Lipinski definition) is 7. The Hall–Kier alpha value is -2.01. The summed E-state index contributed by atoms with van der Waals surface area (Å²) < 4.78 is 0. The predicted molar refractivity (Wildman–Crippen MR) is 59.0 cm³/mol. The van der Waals surface area contributed by atoms with Gasteiger partial charge in [-0.1, -0.05) is 11.8 Å². The lowest BCUT2D eigenvalue weighted by Gasteiger charge is -1.98. The van der Waals surface area contributed by atoms with Crippen LogP contribution in [0.5, 0.6) is 0 Å². The van der Waals surface area contributed by atoms with Crippen LogP contribution in [0.3, 0.4) is 0 Å². The van der Waals surface area contributed by atoms with Gasteiger partial charge in [0.1, 0.15) is 11.6 Å². The summed E-state index contributed by atoms with van der Waals surface area (Å²) in [6.07, 6.45) is 0. The molecule has 0 spiro atoms. The third-order valence-corrected chi connectivity index (χ3v) is 2.45. The predicted octanol–water partition coefficient (Wildman–Crippen LogP) is -0.196. The second-order valence-electron chi connectivity index (χ2n) is 2.88. The summed E-state index contributed by atoms with van der Waals surface area (Å²) in [7, 11) is 0. The first-order chi connectivity index (χ1) is 7.54. The largest absolute Gasteiger partial charge is 0.401 e. The van der Waals surface area contributed by atoms with Gasteiger partial charge in [0.15, 0.2) is 5.78 Å². The lowest BCUT2D eigenvalue weighted by Crippen LogP contribution is -2.10. The summed E-state index contributed by atoms with van der Waals surface area (Å²) in [4.78, 5) is 15.3. The Morgan fingerprint density at radius 2 is 2.38 bits per heavy atom. The van der Waals surface area contributed by atoms with Gasteiger partial charge >= 0.3 is 0 Å². The van der Waals surface area contributed by atoms with Gasteiger partial charge in [0, 0.05) is 5.70 Å². The number of anilines is 1. The molecule has 0 aromatic carbocycles. The maximum Gasteiger partial charge on any atom is 0.216 e. The second-order valence-corrected chi connectivity index (χ2v) is 3.83. The van der Waals surface area contributed by atoms with E-state index < -0.39 is 0 Å². The highest BCUT2D eigenvalue weighted by atomic mass is 32.2. The minimum Gasteiger partial charge on any atom is -0.401 e. The van der Waals surface area contributed by atoms with Crippen LogP contribution in [-0.4, -0.2) is 26.7 Å². The number of nitrogen functional groups attached to an aromatic ring is 1. The van der Waals surface area contributed by atoms with E-state index in [9.17, 15) is 4.79 Å². The molecule has 0 aliphatic rings. The van der Waals surface area contributed by atoms with E-state index in [2.05, 4.69) is 15.2 Å². The Balaban J connectivity index is 2.61. The first-order valence-electron chi connectivity index (χ1n) is 4.25. The van der Waals surface area contributed by atoms with E-state index in [1.165, 1.54) is 6.92 Å². The molecule has 5 N–H and O–H groups in total. The van der Waals surface area contributed by atoms with Crippen molar-refractivity contribution in [3.8, 4) is 6.07 Å². The van der Waals surface area contributed by atoms with Gasteiger partial charge in [0.25, 0.3) is 0 Å². The molecule has 0 fully saturated rings. The van der Waals surface area contributed by atoms with Crippen molar-refractivity contribution in [3.63, 3.8) is 0 Å². The number of aromatic amines is 1. The molecule has 1 aromatic rings. The number of Topliss-reactive ketones (excluding diaryl/α,β-unsaturated/α-hetero) is 1. The molecule has 0 aliphatic heterocycles. The maximum absolute atomic E-state index is 11.5. The monoisotopic (exact) mass is 238 g/mol. The molecule has 1 rings (SSSR count). The zero-order valence-electron chi connectivity index (χ0n) is 8.52. The van der Waals surface area contributed by atoms with Crippen molar-refractivity contribution < 1.29 is 4.79 Å². The maximum atomic E-state index is 11.5. The normalized spacial score (nSPS) is 11.8. The third kappa shape index (κ3) is 2.99. The highest BCUT2D eigenvalue weighted by Crippen LogP contribution is 2.14. The van der Waals surface area contributed by atoms with Crippen LogP contribution in [0.1, 0.15) is 6.92 Å². The number of thioether (sulfide) groups is 1. The van der Waals surface area contributed by atoms with E-state index in [0.29, 0.717) is 5.16 Å². The van der Waals surface area contributed by atoms with E-state index in [-0.39, 0.29) is 28.8 Å². The number of nitriles is 1. The molecule has 84 valence electrons. The van der Waals surface area contributed by atoms with E-state index in [1.54, 1.807) is 6.07 Å². The molecule has 0 amide bonds. The molecule has 1 heterocycles. The summed E-state index contributed by atoms with van der Waals surface area (Å²) in [6.45, 7) is 1.51. The Morgan fingerprint density at radius 3 is 2.81 bits per heavy atom. The number of H-pyrrole nitrogens is 1. The fraction of sp³-hybridized carbons (Fsp3) is 0.250. The smallest absolute Gasteiger partial charge is 0.216 e. The summed E-state index contributed by atoms with van der Waals surface area (Å²) in [5, 5.41) is 15.2. The van der Waals surface area contributed by atoms with Gasteiger partial charge in [0.05, 0.1) is 5.75 Å². The van der Waals surface area contributed by atoms with Crippen molar-refractivity contribution in [2.45, 2.75) is 12.1 Å². The topological polar surface area (TPSA) is 134 Å². The fourth-order valence-corrected chi connectivity index (χ4v) is 1.57. The van der Waals surface area contributed by atoms with Gasteiger partial charge in [0.2, 0.25) is 11.1 Å². The molecule has 1 aromatic heterocycles. The van der Waals surface area contributed by atoms with E-state index in [1.807, 2.05) is 0 Å². The van der Waals surface area contributed by atoms with Gasteiger partial charge in [-0.15, -0.1) is 5.10 Å². The molecule has 7 nitrogen and oxygen atoms in total. The van der Waals surface area contributed by atoms with Crippen LogP contribution >= 0.6 is 11.8 Å². The van der Waals surface area contributed by atoms with Crippen molar-refractivity contribution in [2.75, 3.05) is 11.5 Å². The molecule has 0 atom stereocenters. The minimum atomic E-state index is -0.351. The molecule has 8 heteroatoms. The summed E-state index contributed by atoms with van der Waals surface area (Å²) in [5.74, 6) is -0.119. The van der Waals surface area contributed by atoms with Crippen LogP contribution in [0, 0.1) is 11.3 Å². The van der Waals surface area contributed by atoms with Crippen molar-refractivity contribution in [1.29, 1.82) is 5.26 Å². The fourth-order valence-electron chi connectivity index (χ4n) is 0.895. The Bertz CT molecular complexity index is 467. The number of nitrogens with zero attached hydrogens (tertiary/aromatic N) is 3. The van der Waals surface area contributed by atoms with E-state index in [4.69, 9.17) is 16.7 Å². The van der Waals surface area contributed by atoms with Gasteiger partial charge in [-0.3, -0.25) is 4.79 Å². The molecule has 0 radical (unpaired) electrons. The van der Waals surface area contributed by atoms with Gasteiger partial charge in [-0.05, 0) is 6.92 Å². The van der Waals surface area contributed by atoms with Gasteiger partial charge < -0.3 is 11.5 Å². The number of rotatable bonds is 4. The average molecular weight is 238 g/mol. The lowest BCUT2D eigenvalue weighted by atomic mass is 10.2. The number of ketones is 1. The van der Waals surface area contributed by atoms with Crippen molar-refractivity contribution >= 4 is 23.5 Å². The van der Waals surface area contributed by atoms with Gasteiger partial charge in [-0.25, -0.2) is 5.10 Å². The molecule has 16 heavy (non-hydrogen) atoms. The lowest BCUT2D eigenvalue weighted by molar-refractivity contribution is -0.112. The zero-order chi connectivity index (χ0) is 12.1. The molecular weight excluding hydrogens is 228 g/mol. The van der Waals surface area contributed by atoms with Crippen LogP contribution in [0.15, 0.2) is 16.4 Å². The average Bonchev–Trinajstić information content (AvgIpc) is 2.62. The summed E-state index contributed by atoms with van der Waals surface area (Å²) in [5.41, 5.74) is 10.9. The molecule has 0 saturated heterocycles. The molecule has 0 unspecified atom stereocenters. The van der Waals surface area contributed by atoms with Crippen molar-refractivity contribution in [2.24, 2.45) is 5.73 Å². The standard InChI is InChI=1S/C8H10N6OS/c1-4(10)5(2-9)6(15)3-16-8-12-7(11)13-14-8/h3,10H2,1H3,(H3,11,12,13,14)/b5-4-. The first kappa shape index (κ1) is 12.1. The zero-order valence-corrected chi connectivity index (χ0v) is 9.34. The Morgan fingerprint density at radius 1 is 1.69 bits per heavy atom. The molecule has 0 bridgehead atoms. The molecule has 0 saturated carbocycles. The van der Waals surface area contributed by atoms with E-state index >= 15 is 0 Å². The number of hydrogen-bond donors (Lipinski definition) is 3. The molecule has 0 aliphatic carbocycles. The SMILES string of the molecule is C/C(N)=C(\C#N)C(=O)CSc1n[nH]c(N)n1. The van der Waals surface area contributed by atoms with Crippen LogP contribution in [0.4, 0.5) is 5.95 Å².